The van der Waals surface area contributed by atoms with Gasteiger partial charge in [0.1, 0.15) is 0 Å². The minimum Gasteiger partial charge on any atom is -0.358 e. The maximum Gasteiger partial charge on any atom is 0.233 e. The lowest BCUT2D eigenvalue weighted by Crippen LogP contribution is -2.38. The SMILES string of the molecule is CNC(=O)CN1CCc2nc3ccccc3cc2C1. The molecule has 0 radical (unpaired) electrons. The highest BCUT2D eigenvalue weighted by Gasteiger charge is 2.19. The van der Waals surface area contributed by atoms with Crippen LogP contribution in [0.2, 0.25) is 0 Å². The number of benzene rings is 1. The third-order valence-corrected chi connectivity index (χ3v) is 3.60. The molecule has 1 aliphatic rings. The Morgan fingerprint density at radius 3 is 3.11 bits per heavy atom. The number of nitrogens with zero attached hydrogens (tertiary/aromatic N) is 2. The first-order valence-electron chi connectivity index (χ1n) is 6.57. The highest BCUT2D eigenvalue weighted by Crippen LogP contribution is 2.22. The fraction of sp³-hybridized carbons (Fsp3) is 0.333. The molecule has 1 aromatic carbocycles. The van der Waals surface area contributed by atoms with Gasteiger partial charge in [-0.2, -0.15) is 0 Å². The van der Waals surface area contributed by atoms with Crippen LogP contribution >= 0.6 is 0 Å². The summed E-state index contributed by atoms with van der Waals surface area (Å²) in [6, 6.07) is 10.4. The van der Waals surface area contributed by atoms with Crippen LogP contribution in [-0.2, 0) is 17.8 Å². The summed E-state index contributed by atoms with van der Waals surface area (Å²) >= 11 is 0. The predicted octanol–water partition coefficient (Wildman–Crippen LogP) is 1.34. The minimum absolute atomic E-state index is 0.0669. The van der Waals surface area contributed by atoms with E-state index < -0.39 is 0 Å². The molecule has 0 bridgehead atoms. The maximum atomic E-state index is 11.4. The highest BCUT2D eigenvalue weighted by atomic mass is 16.1. The van der Waals surface area contributed by atoms with E-state index in [-0.39, 0.29) is 5.91 Å². The van der Waals surface area contributed by atoms with E-state index in [2.05, 4.69) is 22.3 Å². The van der Waals surface area contributed by atoms with Crippen molar-refractivity contribution in [2.75, 3.05) is 20.1 Å². The number of aromatic nitrogens is 1. The molecular weight excluding hydrogens is 238 g/mol. The molecule has 0 saturated heterocycles. The van der Waals surface area contributed by atoms with Gasteiger partial charge < -0.3 is 5.32 Å². The first-order valence-corrected chi connectivity index (χ1v) is 6.57. The zero-order chi connectivity index (χ0) is 13.2. The van der Waals surface area contributed by atoms with Gasteiger partial charge in [0.25, 0.3) is 0 Å². The van der Waals surface area contributed by atoms with Crippen LogP contribution in [0.5, 0.6) is 0 Å². The average Bonchev–Trinajstić information content (AvgIpc) is 2.45. The van der Waals surface area contributed by atoms with E-state index in [1.807, 2.05) is 18.2 Å². The molecule has 3 rings (SSSR count). The highest BCUT2D eigenvalue weighted by molar-refractivity contribution is 5.80. The summed E-state index contributed by atoms with van der Waals surface area (Å²) in [4.78, 5) is 18.3. The van der Waals surface area contributed by atoms with Crippen molar-refractivity contribution in [3.05, 3.63) is 41.6 Å². The van der Waals surface area contributed by atoms with Crippen LogP contribution in [0.3, 0.4) is 0 Å². The van der Waals surface area contributed by atoms with E-state index in [4.69, 9.17) is 4.98 Å². The van der Waals surface area contributed by atoms with E-state index in [0.717, 1.165) is 25.0 Å². The molecule has 98 valence electrons. The molecule has 2 aromatic rings. The molecule has 0 unspecified atom stereocenters. The topological polar surface area (TPSA) is 45.2 Å². The summed E-state index contributed by atoms with van der Waals surface area (Å²) in [5.41, 5.74) is 3.47. The second-order valence-corrected chi connectivity index (χ2v) is 4.92. The van der Waals surface area contributed by atoms with Crippen molar-refractivity contribution in [3.63, 3.8) is 0 Å². The standard InChI is InChI=1S/C15H17N3O/c1-16-15(19)10-18-7-6-14-12(9-18)8-11-4-2-3-5-13(11)17-14/h2-5,8H,6-7,9-10H2,1H3,(H,16,19). The molecule has 19 heavy (non-hydrogen) atoms. The Labute approximate surface area is 112 Å². The normalized spacial score (nSPS) is 15.2. The number of nitrogens with one attached hydrogen (secondary N) is 1. The first kappa shape index (κ1) is 12.1. The fourth-order valence-corrected chi connectivity index (χ4v) is 2.55. The van der Waals surface area contributed by atoms with Crippen molar-refractivity contribution in [2.24, 2.45) is 0 Å². The summed E-state index contributed by atoms with van der Waals surface area (Å²) in [5, 5.41) is 3.84. The van der Waals surface area contributed by atoms with Gasteiger partial charge in [-0.15, -0.1) is 0 Å². The second kappa shape index (κ2) is 4.97. The second-order valence-electron chi connectivity index (χ2n) is 4.92. The third-order valence-electron chi connectivity index (χ3n) is 3.60. The molecule has 4 heteroatoms. The summed E-state index contributed by atoms with van der Waals surface area (Å²) < 4.78 is 0. The number of pyridine rings is 1. The Morgan fingerprint density at radius 1 is 1.42 bits per heavy atom. The number of para-hydroxylation sites is 1. The third kappa shape index (κ3) is 2.44. The molecule has 1 N–H and O–H groups in total. The maximum absolute atomic E-state index is 11.4. The number of carbonyl (C=O) groups is 1. The minimum atomic E-state index is 0.0669. The van der Waals surface area contributed by atoms with Gasteiger partial charge in [-0.3, -0.25) is 14.7 Å². The average molecular weight is 255 g/mol. The van der Waals surface area contributed by atoms with Crippen LogP contribution in [-0.4, -0.2) is 35.9 Å². The summed E-state index contributed by atoms with van der Waals surface area (Å²) in [6.07, 6.45) is 0.914. The van der Waals surface area contributed by atoms with E-state index in [1.165, 1.54) is 16.6 Å². The van der Waals surface area contributed by atoms with E-state index in [9.17, 15) is 4.79 Å². The number of hydrogen-bond acceptors (Lipinski definition) is 3. The van der Waals surface area contributed by atoms with Gasteiger partial charge in [-0.1, -0.05) is 18.2 Å². The predicted molar refractivity (Wildman–Crippen MR) is 74.8 cm³/mol. The number of amides is 1. The molecule has 0 aliphatic carbocycles. The van der Waals surface area contributed by atoms with Gasteiger partial charge in [-0.05, 0) is 17.7 Å². The van der Waals surface area contributed by atoms with Gasteiger partial charge >= 0.3 is 0 Å². The Balaban J connectivity index is 1.88. The molecule has 0 fully saturated rings. The van der Waals surface area contributed by atoms with Crippen molar-refractivity contribution in [1.29, 1.82) is 0 Å². The Hall–Kier alpha value is -1.94. The largest absolute Gasteiger partial charge is 0.358 e. The van der Waals surface area contributed by atoms with Crippen LogP contribution < -0.4 is 5.32 Å². The van der Waals surface area contributed by atoms with E-state index in [0.29, 0.717) is 6.54 Å². The Kier molecular flexibility index (Phi) is 3.17. The van der Waals surface area contributed by atoms with Crippen LogP contribution in [0.4, 0.5) is 0 Å². The molecule has 0 saturated carbocycles. The molecule has 1 amide bonds. The number of carbonyl (C=O) groups excluding carboxylic acids is 1. The molecule has 2 heterocycles. The zero-order valence-corrected chi connectivity index (χ0v) is 11.0. The van der Waals surface area contributed by atoms with Crippen LogP contribution in [0.1, 0.15) is 11.3 Å². The van der Waals surface area contributed by atoms with Gasteiger partial charge in [0, 0.05) is 37.6 Å². The zero-order valence-electron chi connectivity index (χ0n) is 11.0. The van der Waals surface area contributed by atoms with Crippen molar-refractivity contribution in [1.82, 2.24) is 15.2 Å². The molecular formula is C15H17N3O. The van der Waals surface area contributed by atoms with Gasteiger partial charge in [0.15, 0.2) is 0 Å². The number of rotatable bonds is 2. The molecule has 4 nitrogen and oxygen atoms in total. The summed E-state index contributed by atoms with van der Waals surface area (Å²) in [7, 11) is 1.68. The van der Waals surface area contributed by atoms with Crippen molar-refractivity contribution in [2.45, 2.75) is 13.0 Å². The summed E-state index contributed by atoms with van der Waals surface area (Å²) in [6.45, 7) is 2.16. The van der Waals surface area contributed by atoms with Gasteiger partial charge in [0.2, 0.25) is 5.91 Å². The van der Waals surface area contributed by atoms with Crippen molar-refractivity contribution >= 4 is 16.8 Å². The van der Waals surface area contributed by atoms with Crippen LogP contribution in [0.15, 0.2) is 30.3 Å². The van der Waals surface area contributed by atoms with Crippen LogP contribution in [0.25, 0.3) is 10.9 Å². The lowest BCUT2D eigenvalue weighted by Gasteiger charge is -2.27. The number of likely N-dealkylation sites (N-methyl/N-ethyl adjacent to an activating group) is 1. The molecule has 1 aliphatic heterocycles. The van der Waals surface area contributed by atoms with Gasteiger partial charge in [0.05, 0.1) is 12.1 Å². The molecule has 1 aromatic heterocycles. The van der Waals surface area contributed by atoms with E-state index >= 15 is 0 Å². The quantitative estimate of drug-likeness (QED) is 0.880. The smallest absolute Gasteiger partial charge is 0.233 e. The van der Waals surface area contributed by atoms with Crippen LogP contribution in [0, 0.1) is 0 Å². The molecule has 0 atom stereocenters. The number of fused-ring (bicyclic) bond motifs is 2. The van der Waals surface area contributed by atoms with Crippen molar-refractivity contribution < 1.29 is 4.79 Å². The monoisotopic (exact) mass is 255 g/mol. The summed E-state index contributed by atoms with van der Waals surface area (Å²) in [5.74, 6) is 0.0669. The molecule has 0 spiro atoms. The number of hydrogen-bond donors (Lipinski definition) is 1. The Bertz CT molecular complexity index is 624. The lowest BCUT2D eigenvalue weighted by molar-refractivity contribution is -0.121. The lowest BCUT2D eigenvalue weighted by atomic mass is 10.0. The van der Waals surface area contributed by atoms with Crippen molar-refractivity contribution in [3.8, 4) is 0 Å². The van der Waals surface area contributed by atoms with Gasteiger partial charge in [-0.25, -0.2) is 0 Å². The Morgan fingerprint density at radius 2 is 2.26 bits per heavy atom. The first-order chi connectivity index (χ1) is 9.26. The van der Waals surface area contributed by atoms with E-state index in [1.54, 1.807) is 7.05 Å². The fourth-order valence-electron chi connectivity index (χ4n) is 2.55.